The number of hydrogen-bond acceptors (Lipinski definition) is 5. The van der Waals surface area contributed by atoms with Crippen LogP contribution in [0.5, 0.6) is 5.75 Å². The standard InChI is InChI=1S/C33H39Cl2N3O5S/c1-3-31(33(40)36-25-11-7-5-8-12-25)37(22-24-15-20-29(34)30(35)21-24)32(39)23-38(26-16-18-27(19-17-26)43-4-2)44(41,42)28-13-9-6-10-14-28/h6,9-10,13-21,25,31H,3-5,7-8,11-12,22-23H2,1-2H3,(H,36,40)/t31-/m0/s1. The molecule has 0 aliphatic heterocycles. The minimum atomic E-state index is -4.16. The molecular weight excluding hydrogens is 621 g/mol. The van der Waals surface area contributed by atoms with Crippen molar-refractivity contribution in [2.45, 2.75) is 75.9 Å². The van der Waals surface area contributed by atoms with Gasteiger partial charge in [-0.25, -0.2) is 8.42 Å². The molecule has 3 aromatic rings. The van der Waals surface area contributed by atoms with Crippen LogP contribution in [0.2, 0.25) is 10.0 Å². The Labute approximate surface area is 270 Å². The SMILES string of the molecule is CCOc1ccc(N(CC(=O)N(Cc2ccc(Cl)c(Cl)c2)[C@@H](CC)C(=O)NC2CCCCC2)S(=O)(=O)c2ccccc2)cc1. The molecule has 1 fully saturated rings. The highest BCUT2D eigenvalue weighted by atomic mass is 35.5. The summed E-state index contributed by atoms with van der Waals surface area (Å²) in [5.74, 6) is -0.215. The summed E-state index contributed by atoms with van der Waals surface area (Å²) in [6.45, 7) is 3.66. The zero-order valence-corrected chi connectivity index (χ0v) is 27.4. The zero-order chi connectivity index (χ0) is 31.7. The molecule has 0 spiro atoms. The molecule has 2 amide bonds. The van der Waals surface area contributed by atoms with Crippen molar-refractivity contribution in [1.82, 2.24) is 10.2 Å². The lowest BCUT2D eigenvalue weighted by Gasteiger charge is -2.34. The molecule has 0 unspecified atom stereocenters. The number of anilines is 1. The molecule has 1 aliphatic rings. The molecule has 3 aromatic carbocycles. The first kappa shape index (κ1) is 33.6. The van der Waals surface area contributed by atoms with Gasteiger partial charge in [-0.05, 0) is 80.3 Å². The molecular formula is C33H39Cl2N3O5S. The van der Waals surface area contributed by atoms with E-state index in [1.165, 1.54) is 17.0 Å². The molecule has 1 saturated carbocycles. The van der Waals surface area contributed by atoms with E-state index in [1.807, 2.05) is 13.8 Å². The van der Waals surface area contributed by atoms with Crippen LogP contribution in [-0.4, -0.2) is 50.4 Å². The Morgan fingerprint density at radius 3 is 2.23 bits per heavy atom. The van der Waals surface area contributed by atoms with Crippen molar-refractivity contribution in [3.63, 3.8) is 0 Å². The van der Waals surface area contributed by atoms with Gasteiger partial charge >= 0.3 is 0 Å². The molecule has 236 valence electrons. The summed E-state index contributed by atoms with van der Waals surface area (Å²) in [6.07, 6.45) is 5.35. The Kier molecular flexibility index (Phi) is 11.9. The van der Waals surface area contributed by atoms with Crippen LogP contribution in [0, 0.1) is 0 Å². The second-order valence-corrected chi connectivity index (χ2v) is 13.5. The highest BCUT2D eigenvalue weighted by Crippen LogP contribution is 2.28. The molecule has 0 bridgehead atoms. The van der Waals surface area contributed by atoms with Gasteiger partial charge in [-0.3, -0.25) is 13.9 Å². The molecule has 1 aliphatic carbocycles. The smallest absolute Gasteiger partial charge is 0.264 e. The van der Waals surface area contributed by atoms with E-state index in [9.17, 15) is 18.0 Å². The van der Waals surface area contributed by atoms with E-state index in [0.717, 1.165) is 36.4 Å². The van der Waals surface area contributed by atoms with Crippen molar-refractivity contribution in [2.75, 3.05) is 17.5 Å². The van der Waals surface area contributed by atoms with Gasteiger partial charge in [0, 0.05) is 12.6 Å². The molecule has 0 aromatic heterocycles. The van der Waals surface area contributed by atoms with Crippen LogP contribution >= 0.6 is 23.2 Å². The van der Waals surface area contributed by atoms with Gasteiger partial charge in [0.1, 0.15) is 18.3 Å². The maximum atomic E-state index is 14.3. The Morgan fingerprint density at radius 1 is 0.932 bits per heavy atom. The lowest BCUT2D eigenvalue weighted by molar-refractivity contribution is -0.140. The van der Waals surface area contributed by atoms with Crippen molar-refractivity contribution in [3.05, 3.63) is 88.4 Å². The Hall–Kier alpha value is -3.27. The average molecular weight is 661 g/mol. The van der Waals surface area contributed by atoms with Gasteiger partial charge in [-0.1, -0.05) is 73.7 Å². The molecule has 0 radical (unpaired) electrons. The number of sulfonamides is 1. The fourth-order valence-electron chi connectivity index (χ4n) is 5.42. The molecule has 0 saturated heterocycles. The normalized spacial score (nSPS) is 14.5. The predicted octanol–water partition coefficient (Wildman–Crippen LogP) is 6.84. The first-order chi connectivity index (χ1) is 21.1. The third kappa shape index (κ3) is 8.46. The van der Waals surface area contributed by atoms with Crippen molar-refractivity contribution in [3.8, 4) is 5.75 Å². The van der Waals surface area contributed by atoms with Crippen molar-refractivity contribution in [1.29, 1.82) is 0 Å². The number of rotatable bonds is 13. The van der Waals surface area contributed by atoms with Gasteiger partial charge in [0.25, 0.3) is 10.0 Å². The van der Waals surface area contributed by atoms with Gasteiger partial charge in [0.2, 0.25) is 11.8 Å². The third-order valence-corrected chi connectivity index (χ3v) is 10.2. The van der Waals surface area contributed by atoms with E-state index in [4.69, 9.17) is 27.9 Å². The molecule has 11 heteroatoms. The van der Waals surface area contributed by atoms with E-state index >= 15 is 0 Å². The molecule has 1 N–H and O–H groups in total. The summed E-state index contributed by atoms with van der Waals surface area (Å²) in [5, 5.41) is 3.83. The minimum absolute atomic E-state index is 0.0365. The maximum absolute atomic E-state index is 14.3. The van der Waals surface area contributed by atoms with Crippen LogP contribution in [0.3, 0.4) is 0 Å². The highest BCUT2D eigenvalue weighted by Gasteiger charge is 2.34. The van der Waals surface area contributed by atoms with Crippen LogP contribution in [-0.2, 0) is 26.2 Å². The van der Waals surface area contributed by atoms with E-state index < -0.39 is 28.5 Å². The second kappa shape index (κ2) is 15.6. The van der Waals surface area contributed by atoms with Gasteiger partial charge in [0.05, 0.1) is 27.2 Å². The summed E-state index contributed by atoms with van der Waals surface area (Å²) < 4.78 is 34.6. The fourth-order valence-corrected chi connectivity index (χ4v) is 7.18. The summed E-state index contributed by atoms with van der Waals surface area (Å²) in [7, 11) is -4.16. The Bertz CT molecular complexity index is 1510. The molecule has 1 atom stereocenters. The molecule has 44 heavy (non-hydrogen) atoms. The van der Waals surface area contributed by atoms with Crippen LogP contribution in [0.1, 0.15) is 57.9 Å². The summed E-state index contributed by atoms with van der Waals surface area (Å²) in [5.41, 5.74) is 0.954. The zero-order valence-electron chi connectivity index (χ0n) is 25.0. The minimum Gasteiger partial charge on any atom is -0.494 e. The maximum Gasteiger partial charge on any atom is 0.264 e. The van der Waals surface area contributed by atoms with Crippen molar-refractivity contribution >= 4 is 50.7 Å². The van der Waals surface area contributed by atoms with Gasteiger partial charge in [0.15, 0.2) is 0 Å². The molecule has 4 rings (SSSR count). The monoisotopic (exact) mass is 659 g/mol. The van der Waals surface area contributed by atoms with Gasteiger partial charge < -0.3 is 15.0 Å². The summed E-state index contributed by atoms with van der Waals surface area (Å²) in [6, 6.07) is 18.7. The number of hydrogen-bond donors (Lipinski definition) is 1. The number of nitrogens with one attached hydrogen (secondary N) is 1. The summed E-state index contributed by atoms with van der Waals surface area (Å²) in [4.78, 5) is 29.4. The molecule has 0 heterocycles. The second-order valence-electron chi connectivity index (χ2n) is 10.8. The van der Waals surface area contributed by atoms with Crippen LogP contribution in [0.25, 0.3) is 0 Å². The number of amides is 2. The van der Waals surface area contributed by atoms with Crippen molar-refractivity contribution < 1.29 is 22.7 Å². The van der Waals surface area contributed by atoms with Gasteiger partial charge in [-0.2, -0.15) is 0 Å². The Morgan fingerprint density at radius 2 is 1.61 bits per heavy atom. The van der Waals surface area contributed by atoms with Crippen molar-refractivity contribution in [2.24, 2.45) is 0 Å². The Balaban J connectivity index is 1.71. The molecule has 8 nitrogen and oxygen atoms in total. The highest BCUT2D eigenvalue weighted by molar-refractivity contribution is 7.92. The number of nitrogens with zero attached hydrogens (tertiary/aromatic N) is 2. The predicted molar refractivity (Wildman–Crippen MR) is 175 cm³/mol. The van der Waals surface area contributed by atoms with Crippen LogP contribution in [0.4, 0.5) is 5.69 Å². The lowest BCUT2D eigenvalue weighted by Crippen LogP contribution is -2.54. The van der Waals surface area contributed by atoms with E-state index in [-0.39, 0.29) is 23.4 Å². The largest absolute Gasteiger partial charge is 0.494 e. The quantitative estimate of drug-likeness (QED) is 0.217. The van der Waals surface area contributed by atoms with E-state index in [2.05, 4.69) is 5.32 Å². The third-order valence-electron chi connectivity index (χ3n) is 7.72. The number of halogens is 2. The first-order valence-electron chi connectivity index (χ1n) is 15.0. The number of ether oxygens (including phenoxy) is 1. The van der Waals surface area contributed by atoms with Crippen LogP contribution < -0.4 is 14.4 Å². The number of carbonyl (C=O) groups excluding carboxylic acids is 2. The topological polar surface area (TPSA) is 96.0 Å². The average Bonchev–Trinajstić information content (AvgIpc) is 3.03. The number of carbonyl (C=O) groups is 2. The van der Waals surface area contributed by atoms with Gasteiger partial charge in [-0.15, -0.1) is 0 Å². The lowest BCUT2D eigenvalue weighted by atomic mass is 9.95. The van der Waals surface area contributed by atoms with Crippen LogP contribution in [0.15, 0.2) is 77.7 Å². The summed E-state index contributed by atoms with van der Waals surface area (Å²) >= 11 is 12.4. The van der Waals surface area contributed by atoms with E-state index in [0.29, 0.717) is 40.1 Å². The number of benzene rings is 3. The fraction of sp³-hybridized carbons (Fsp3) is 0.394. The first-order valence-corrected chi connectivity index (χ1v) is 17.2. The van der Waals surface area contributed by atoms with E-state index in [1.54, 1.807) is 60.7 Å².